The zero-order chi connectivity index (χ0) is 14.8. The van der Waals surface area contributed by atoms with Gasteiger partial charge < -0.3 is 20.7 Å². The second kappa shape index (κ2) is 5.71. The summed E-state index contributed by atoms with van der Waals surface area (Å²) in [7, 11) is 2.04. The molecule has 7 heteroatoms. The van der Waals surface area contributed by atoms with Gasteiger partial charge in [0.1, 0.15) is 0 Å². The number of rotatable bonds is 3. The summed E-state index contributed by atoms with van der Waals surface area (Å²) >= 11 is 0. The largest absolute Gasteiger partial charge is 0.399 e. The van der Waals surface area contributed by atoms with Crippen molar-refractivity contribution in [3.8, 4) is 0 Å². The first-order chi connectivity index (χ1) is 10.1. The number of hydrogen-bond donors (Lipinski definition) is 3. The molecule has 0 aliphatic carbocycles. The van der Waals surface area contributed by atoms with Crippen molar-refractivity contribution in [3.63, 3.8) is 0 Å². The molecule has 1 aromatic heterocycles. The Morgan fingerprint density at radius 2 is 2.48 bits per heavy atom. The van der Waals surface area contributed by atoms with Crippen LogP contribution in [0, 0.1) is 0 Å². The monoisotopic (exact) mass is 289 g/mol. The standard InChI is InChI=1S/C14H19N5O2/c1-19-4-5-21-10(8-19)7-16-14(20)13-11-6-9(15)2-3-12(11)17-18-13/h2-3,6,10H,4-5,7-8,15H2,1H3,(H,16,20)(H,17,18). The smallest absolute Gasteiger partial charge is 0.272 e. The minimum atomic E-state index is -0.219. The molecule has 3 rings (SSSR count). The third kappa shape index (κ3) is 2.98. The van der Waals surface area contributed by atoms with Crippen molar-refractivity contribution in [1.29, 1.82) is 0 Å². The molecule has 1 aromatic carbocycles. The van der Waals surface area contributed by atoms with Gasteiger partial charge in [0.15, 0.2) is 5.69 Å². The lowest BCUT2D eigenvalue weighted by Crippen LogP contribution is -2.46. The van der Waals surface area contributed by atoms with Gasteiger partial charge in [-0.05, 0) is 25.2 Å². The lowest BCUT2D eigenvalue weighted by Gasteiger charge is -2.29. The molecule has 21 heavy (non-hydrogen) atoms. The molecule has 0 radical (unpaired) electrons. The number of nitrogens with two attached hydrogens (primary N) is 1. The van der Waals surface area contributed by atoms with Gasteiger partial charge in [-0.2, -0.15) is 5.10 Å². The van der Waals surface area contributed by atoms with Crippen molar-refractivity contribution < 1.29 is 9.53 Å². The summed E-state index contributed by atoms with van der Waals surface area (Å²) in [4.78, 5) is 14.4. The predicted octanol–water partition coefficient (Wildman–Crippen LogP) is 0.206. The number of morpholine rings is 1. The Morgan fingerprint density at radius 3 is 3.29 bits per heavy atom. The van der Waals surface area contributed by atoms with Crippen LogP contribution in [0.15, 0.2) is 18.2 Å². The minimum absolute atomic E-state index is 0.0166. The van der Waals surface area contributed by atoms with Gasteiger partial charge in [-0.25, -0.2) is 0 Å². The molecule has 1 atom stereocenters. The number of H-pyrrole nitrogens is 1. The van der Waals surface area contributed by atoms with Crippen LogP contribution < -0.4 is 11.1 Å². The van der Waals surface area contributed by atoms with Gasteiger partial charge in [0, 0.05) is 30.7 Å². The summed E-state index contributed by atoms with van der Waals surface area (Å²) in [6.07, 6.45) is 0.0166. The molecule has 112 valence electrons. The van der Waals surface area contributed by atoms with Gasteiger partial charge in [0.25, 0.3) is 5.91 Å². The first-order valence-corrected chi connectivity index (χ1v) is 6.95. The number of likely N-dealkylation sites (N-methyl/N-ethyl adjacent to an activating group) is 1. The molecule has 4 N–H and O–H groups in total. The summed E-state index contributed by atoms with van der Waals surface area (Å²) in [5.41, 5.74) is 7.52. The lowest BCUT2D eigenvalue weighted by molar-refractivity contribution is -0.0175. The Morgan fingerprint density at radius 1 is 1.62 bits per heavy atom. The van der Waals surface area contributed by atoms with Crippen LogP contribution in [0.5, 0.6) is 0 Å². The van der Waals surface area contributed by atoms with E-state index in [2.05, 4.69) is 20.4 Å². The van der Waals surface area contributed by atoms with Gasteiger partial charge in [-0.3, -0.25) is 9.89 Å². The minimum Gasteiger partial charge on any atom is -0.399 e. The molecule has 1 saturated heterocycles. The molecule has 0 bridgehead atoms. The Kier molecular flexibility index (Phi) is 3.76. The van der Waals surface area contributed by atoms with Crippen molar-refractivity contribution in [2.45, 2.75) is 6.10 Å². The number of nitrogens with zero attached hydrogens (tertiary/aromatic N) is 2. The lowest BCUT2D eigenvalue weighted by atomic mass is 10.2. The van der Waals surface area contributed by atoms with Crippen LogP contribution in [-0.2, 0) is 4.74 Å². The van der Waals surface area contributed by atoms with E-state index in [-0.39, 0.29) is 12.0 Å². The molecule has 1 amide bonds. The fourth-order valence-corrected chi connectivity index (χ4v) is 2.49. The number of benzene rings is 1. The normalized spacial score (nSPS) is 19.8. The second-order valence-electron chi connectivity index (χ2n) is 5.34. The Labute approximate surface area is 122 Å². The van der Waals surface area contributed by atoms with Gasteiger partial charge in [-0.15, -0.1) is 0 Å². The van der Waals surface area contributed by atoms with Crippen molar-refractivity contribution in [3.05, 3.63) is 23.9 Å². The van der Waals surface area contributed by atoms with Crippen LogP contribution >= 0.6 is 0 Å². The quantitative estimate of drug-likeness (QED) is 0.702. The topological polar surface area (TPSA) is 96.3 Å². The molecule has 1 aliphatic rings. The highest BCUT2D eigenvalue weighted by Crippen LogP contribution is 2.18. The number of ether oxygens (including phenoxy) is 1. The molecule has 0 spiro atoms. The Hall–Kier alpha value is -2.12. The van der Waals surface area contributed by atoms with Crippen LogP contribution in [0.25, 0.3) is 10.9 Å². The van der Waals surface area contributed by atoms with Gasteiger partial charge in [0.2, 0.25) is 0 Å². The third-order valence-corrected chi connectivity index (χ3v) is 3.63. The summed E-state index contributed by atoms with van der Waals surface area (Å²) in [5.74, 6) is -0.219. The maximum Gasteiger partial charge on any atom is 0.272 e. The van der Waals surface area contributed by atoms with E-state index >= 15 is 0 Å². The van der Waals surface area contributed by atoms with Crippen LogP contribution in [0.3, 0.4) is 0 Å². The summed E-state index contributed by atoms with van der Waals surface area (Å²) in [6, 6.07) is 5.33. The van der Waals surface area contributed by atoms with E-state index in [1.807, 2.05) is 13.1 Å². The van der Waals surface area contributed by atoms with Gasteiger partial charge in [-0.1, -0.05) is 0 Å². The molecule has 1 fully saturated rings. The number of carbonyl (C=O) groups excluding carboxylic acids is 1. The number of nitrogen functional groups attached to an aromatic ring is 1. The first-order valence-electron chi connectivity index (χ1n) is 6.95. The molecule has 2 aromatic rings. The van der Waals surface area contributed by atoms with Crippen LogP contribution in [-0.4, -0.2) is 60.4 Å². The van der Waals surface area contributed by atoms with Gasteiger partial charge >= 0.3 is 0 Å². The van der Waals surface area contributed by atoms with Crippen molar-refractivity contribution >= 4 is 22.5 Å². The fraction of sp³-hybridized carbons (Fsp3) is 0.429. The zero-order valence-electron chi connectivity index (χ0n) is 11.9. The molecular weight excluding hydrogens is 270 g/mol. The number of aromatic nitrogens is 2. The van der Waals surface area contributed by atoms with E-state index in [0.717, 1.165) is 24.0 Å². The van der Waals surface area contributed by atoms with E-state index in [4.69, 9.17) is 10.5 Å². The third-order valence-electron chi connectivity index (χ3n) is 3.63. The average molecular weight is 289 g/mol. The summed E-state index contributed by atoms with van der Waals surface area (Å²) < 4.78 is 5.62. The number of nitrogens with one attached hydrogen (secondary N) is 2. The van der Waals surface area contributed by atoms with Crippen molar-refractivity contribution in [1.82, 2.24) is 20.4 Å². The van der Waals surface area contributed by atoms with Crippen LogP contribution in [0.1, 0.15) is 10.5 Å². The number of amides is 1. The predicted molar refractivity (Wildman–Crippen MR) is 80.1 cm³/mol. The SMILES string of the molecule is CN1CCOC(CNC(=O)c2n[nH]c3ccc(N)cc23)C1. The fourth-order valence-electron chi connectivity index (χ4n) is 2.49. The molecule has 0 saturated carbocycles. The molecule has 1 unspecified atom stereocenters. The maximum atomic E-state index is 12.3. The Bertz CT molecular complexity index is 654. The maximum absolute atomic E-state index is 12.3. The van der Waals surface area contributed by atoms with E-state index < -0.39 is 0 Å². The highest BCUT2D eigenvalue weighted by Gasteiger charge is 2.20. The van der Waals surface area contributed by atoms with Crippen LogP contribution in [0.4, 0.5) is 5.69 Å². The van der Waals surface area contributed by atoms with E-state index in [0.29, 0.717) is 24.5 Å². The van der Waals surface area contributed by atoms with E-state index in [1.54, 1.807) is 12.1 Å². The van der Waals surface area contributed by atoms with Crippen molar-refractivity contribution in [2.75, 3.05) is 39.0 Å². The summed E-state index contributed by atoms with van der Waals surface area (Å²) in [5, 5.41) is 10.5. The van der Waals surface area contributed by atoms with Crippen LogP contribution in [0.2, 0.25) is 0 Å². The van der Waals surface area contributed by atoms with E-state index in [9.17, 15) is 4.79 Å². The number of fused-ring (bicyclic) bond motifs is 1. The molecular formula is C14H19N5O2. The molecule has 2 heterocycles. The molecule has 7 nitrogen and oxygen atoms in total. The highest BCUT2D eigenvalue weighted by molar-refractivity contribution is 6.05. The van der Waals surface area contributed by atoms with Gasteiger partial charge in [0.05, 0.1) is 18.2 Å². The first kappa shape index (κ1) is 13.8. The average Bonchev–Trinajstić information content (AvgIpc) is 2.88. The number of anilines is 1. The number of carbonyl (C=O) groups is 1. The summed E-state index contributed by atoms with van der Waals surface area (Å²) in [6.45, 7) is 2.90. The Balaban J connectivity index is 1.68. The highest BCUT2D eigenvalue weighted by atomic mass is 16.5. The second-order valence-corrected chi connectivity index (χ2v) is 5.34. The number of hydrogen-bond acceptors (Lipinski definition) is 5. The number of aromatic amines is 1. The zero-order valence-corrected chi connectivity index (χ0v) is 11.9. The van der Waals surface area contributed by atoms with Crippen molar-refractivity contribution in [2.24, 2.45) is 0 Å². The molecule has 1 aliphatic heterocycles. The van der Waals surface area contributed by atoms with E-state index in [1.165, 1.54) is 0 Å².